The molecule has 0 aliphatic carbocycles. The summed E-state index contributed by atoms with van der Waals surface area (Å²) in [5.41, 5.74) is 1.46. The van der Waals surface area contributed by atoms with Gasteiger partial charge in [-0.3, -0.25) is 14.4 Å². The normalized spacial score (nSPS) is 16.4. The summed E-state index contributed by atoms with van der Waals surface area (Å²) >= 11 is 0. The number of hydrogen-bond acceptors (Lipinski definition) is 4. The Hall–Kier alpha value is -3.42. The molecule has 2 aromatic rings. The maximum Gasteiger partial charge on any atom is 0.262 e. The second-order valence-corrected chi connectivity index (χ2v) is 7.09. The van der Waals surface area contributed by atoms with Crippen molar-refractivity contribution in [2.75, 3.05) is 25.0 Å². The Labute approximate surface area is 166 Å². The molecule has 8 heteroatoms. The van der Waals surface area contributed by atoms with E-state index in [0.717, 1.165) is 0 Å². The van der Waals surface area contributed by atoms with Gasteiger partial charge in [-0.15, -0.1) is 0 Å². The van der Waals surface area contributed by atoms with Crippen molar-refractivity contribution >= 4 is 23.4 Å². The Balaban J connectivity index is 1.33. The Bertz CT molecular complexity index is 953. The van der Waals surface area contributed by atoms with Crippen molar-refractivity contribution in [3.63, 3.8) is 0 Å². The van der Waals surface area contributed by atoms with E-state index in [1.165, 1.54) is 24.3 Å². The zero-order valence-electron chi connectivity index (χ0n) is 15.6. The Kier molecular flexibility index (Phi) is 5.16. The van der Waals surface area contributed by atoms with Crippen LogP contribution < -0.4 is 15.4 Å². The Morgan fingerprint density at radius 1 is 1.07 bits per heavy atom. The number of amides is 3. The second kappa shape index (κ2) is 7.90. The van der Waals surface area contributed by atoms with Crippen LogP contribution in [0.1, 0.15) is 33.6 Å². The van der Waals surface area contributed by atoms with Gasteiger partial charge in [0.05, 0.1) is 5.69 Å². The first-order valence-electron chi connectivity index (χ1n) is 9.42. The highest BCUT2D eigenvalue weighted by Crippen LogP contribution is 2.29. The molecule has 0 bridgehead atoms. The van der Waals surface area contributed by atoms with E-state index in [1.54, 1.807) is 23.1 Å². The number of likely N-dealkylation sites (tertiary alicyclic amines) is 1. The maximum atomic E-state index is 13.0. The van der Waals surface area contributed by atoms with E-state index >= 15 is 0 Å². The number of carbonyl (C=O) groups excluding carboxylic acids is 3. The first kappa shape index (κ1) is 18.9. The summed E-state index contributed by atoms with van der Waals surface area (Å²) in [5, 5.41) is 5.64. The van der Waals surface area contributed by atoms with Crippen molar-refractivity contribution in [1.82, 2.24) is 10.2 Å². The summed E-state index contributed by atoms with van der Waals surface area (Å²) in [5.74, 6) is -0.484. The lowest BCUT2D eigenvalue weighted by Gasteiger charge is -2.32. The number of halogens is 1. The number of carbonyl (C=O) groups is 3. The van der Waals surface area contributed by atoms with Crippen molar-refractivity contribution in [2.24, 2.45) is 0 Å². The molecule has 0 saturated carbocycles. The molecule has 1 fully saturated rings. The highest BCUT2D eigenvalue weighted by atomic mass is 19.1. The van der Waals surface area contributed by atoms with Gasteiger partial charge in [-0.05, 0) is 55.3 Å². The van der Waals surface area contributed by atoms with E-state index in [2.05, 4.69) is 10.6 Å². The Morgan fingerprint density at radius 2 is 1.76 bits per heavy atom. The van der Waals surface area contributed by atoms with Crippen LogP contribution in [0.5, 0.6) is 5.75 Å². The van der Waals surface area contributed by atoms with E-state index in [-0.39, 0.29) is 36.2 Å². The van der Waals surface area contributed by atoms with E-state index in [9.17, 15) is 18.8 Å². The second-order valence-electron chi connectivity index (χ2n) is 7.09. The van der Waals surface area contributed by atoms with Crippen LogP contribution in [0.15, 0.2) is 42.5 Å². The summed E-state index contributed by atoms with van der Waals surface area (Å²) < 4.78 is 18.4. The third-order valence-electron chi connectivity index (χ3n) is 5.09. The number of nitrogens with zero attached hydrogens (tertiary/aromatic N) is 1. The first-order chi connectivity index (χ1) is 14.0. The summed E-state index contributed by atoms with van der Waals surface area (Å²) in [6, 6.07) is 10.3. The number of benzene rings is 2. The van der Waals surface area contributed by atoms with Crippen LogP contribution in [0.4, 0.5) is 10.1 Å². The number of piperidine rings is 1. The van der Waals surface area contributed by atoms with Crippen LogP contribution >= 0.6 is 0 Å². The molecule has 0 aromatic heterocycles. The van der Waals surface area contributed by atoms with Gasteiger partial charge in [0.1, 0.15) is 11.6 Å². The molecule has 29 heavy (non-hydrogen) atoms. The minimum atomic E-state index is -0.386. The average Bonchev–Trinajstić information content (AvgIpc) is 2.74. The number of anilines is 1. The molecule has 2 heterocycles. The first-order valence-corrected chi connectivity index (χ1v) is 9.42. The predicted octanol–water partition coefficient (Wildman–Crippen LogP) is 2.19. The lowest BCUT2D eigenvalue weighted by molar-refractivity contribution is -0.118. The summed E-state index contributed by atoms with van der Waals surface area (Å²) in [6.07, 6.45) is 1.27. The molecular weight excluding hydrogens is 377 g/mol. The standard InChI is InChI=1S/C21H20FN3O4/c22-15-4-1-13(2-5-15)20(27)23-16-7-9-25(10-8-16)21(28)14-3-6-17-18(11-14)29-12-19(26)24-17/h1-6,11,16H,7-10,12H2,(H,23,27)(H,24,26). The fourth-order valence-corrected chi connectivity index (χ4v) is 3.49. The minimum Gasteiger partial charge on any atom is -0.482 e. The van der Waals surface area contributed by atoms with Crippen molar-refractivity contribution in [3.05, 3.63) is 59.4 Å². The fraction of sp³-hybridized carbons (Fsp3) is 0.286. The monoisotopic (exact) mass is 397 g/mol. The van der Waals surface area contributed by atoms with Crippen LogP contribution in [-0.2, 0) is 4.79 Å². The molecule has 2 aliphatic heterocycles. The SMILES string of the molecule is O=C1COc2cc(C(=O)N3CCC(NC(=O)c4ccc(F)cc4)CC3)ccc2N1. The van der Waals surface area contributed by atoms with Crippen molar-refractivity contribution in [2.45, 2.75) is 18.9 Å². The lowest BCUT2D eigenvalue weighted by atomic mass is 10.0. The number of hydrogen-bond donors (Lipinski definition) is 2. The van der Waals surface area contributed by atoms with E-state index in [1.807, 2.05) is 0 Å². The van der Waals surface area contributed by atoms with Crippen molar-refractivity contribution < 1.29 is 23.5 Å². The topological polar surface area (TPSA) is 87.7 Å². The van der Waals surface area contributed by atoms with Gasteiger partial charge in [0.2, 0.25) is 0 Å². The van der Waals surface area contributed by atoms with Crippen molar-refractivity contribution in [1.29, 1.82) is 0 Å². The van der Waals surface area contributed by atoms with E-state index in [0.29, 0.717) is 48.5 Å². The molecule has 150 valence electrons. The number of ether oxygens (including phenoxy) is 1. The molecule has 0 atom stereocenters. The zero-order chi connectivity index (χ0) is 20.4. The smallest absolute Gasteiger partial charge is 0.262 e. The van der Waals surface area contributed by atoms with Crippen LogP contribution in [0.2, 0.25) is 0 Å². The highest BCUT2D eigenvalue weighted by molar-refractivity contribution is 5.99. The summed E-state index contributed by atoms with van der Waals surface area (Å²) in [6.45, 7) is 0.966. The molecule has 1 saturated heterocycles. The molecule has 2 aliphatic rings. The van der Waals surface area contributed by atoms with Crippen LogP contribution in [0, 0.1) is 5.82 Å². The predicted molar refractivity (Wildman–Crippen MR) is 103 cm³/mol. The van der Waals surface area contributed by atoms with Gasteiger partial charge in [-0.2, -0.15) is 0 Å². The van der Waals surface area contributed by atoms with Gasteiger partial charge in [-0.1, -0.05) is 0 Å². The minimum absolute atomic E-state index is 0.0429. The number of rotatable bonds is 3. The van der Waals surface area contributed by atoms with Gasteiger partial charge in [-0.25, -0.2) is 4.39 Å². The molecule has 7 nitrogen and oxygen atoms in total. The maximum absolute atomic E-state index is 13.0. The average molecular weight is 397 g/mol. The van der Waals surface area contributed by atoms with Gasteiger partial charge >= 0.3 is 0 Å². The third-order valence-corrected chi connectivity index (χ3v) is 5.09. The number of nitrogens with one attached hydrogen (secondary N) is 2. The molecular formula is C21H20FN3O4. The summed E-state index contributed by atoms with van der Waals surface area (Å²) in [4.78, 5) is 38.1. The van der Waals surface area contributed by atoms with E-state index < -0.39 is 0 Å². The molecule has 2 aromatic carbocycles. The van der Waals surface area contributed by atoms with Gasteiger partial charge in [0, 0.05) is 30.3 Å². The van der Waals surface area contributed by atoms with Gasteiger partial charge in [0.15, 0.2) is 6.61 Å². The highest BCUT2D eigenvalue weighted by Gasteiger charge is 2.26. The Morgan fingerprint density at radius 3 is 2.48 bits per heavy atom. The van der Waals surface area contributed by atoms with Gasteiger partial charge < -0.3 is 20.3 Å². The summed E-state index contributed by atoms with van der Waals surface area (Å²) in [7, 11) is 0. The largest absolute Gasteiger partial charge is 0.482 e. The van der Waals surface area contributed by atoms with E-state index in [4.69, 9.17) is 4.74 Å². The van der Waals surface area contributed by atoms with Crippen LogP contribution in [-0.4, -0.2) is 48.4 Å². The quantitative estimate of drug-likeness (QED) is 0.831. The van der Waals surface area contributed by atoms with Crippen LogP contribution in [0.25, 0.3) is 0 Å². The molecule has 0 spiro atoms. The molecule has 3 amide bonds. The molecule has 2 N–H and O–H groups in total. The van der Waals surface area contributed by atoms with Crippen LogP contribution in [0.3, 0.4) is 0 Å². The third kappa shape index (κ3) is 4.21. The molecule has 4 rings (SSSR count). The van der Waals surface area contributed by atoms with Crippen molar-refractivity contribution in [3.8, 4) is 5.75 Å². The lowest BCUT2D eigenvalue weighted by Crippen LogP contribution is -2.46. The molecule has 0 unspecified atom stereocenters. The zero-order valence-corrected chi connectivity index (χ0v) is 15.6. The number of fused-ring (bicyclic) bond motifs is 1. The van der Waals surface area contributed by atoms with Gasteiger partial charge in [0.25, 0.3) is 17.7 Å². The fourth-order valence-electron chi connectivity index (χ4n) is 3.49. The molecule has 0 radical (unpaired) electrons.